The smallest absolute Gasteiger partial charge is 0.435 e. The molecule has 0 unspecified atom stereocenters. The molecule has 5 aromatic carbocycles. The summed E-state index contributed by atoms with van der Waals surface area (Å²) in [6, 6.07) is 31.1. The molecular formula is C68H62F10N12O14. The molecule has 548 valence electrons. The number of halogens is 10. The van der Waals surface area contributed by atoms with Crippen molar-refractivity contribution in [1.82, 2.24) is 58.2 Å². The molecule has 0 atom stereocenters. The fourth-order valence-corrected chi connectivity index (χ4v) is 10.5. The molecule has 0 aliphatic heterocycles. The van der Waals surface area contributed by atoms with E-state index >= 15 is 0 Å². The number of fused-ring (bicyclic) bond motifs is 2. The van der Waals surface area contributed by atoms with Crippen molar-refractivity contribution in [2.75, 3.05) is 0 Å². The van der Waals surface area contributed by atoms with E-state index in [1.54, 1.807) is 77.8 Å². The molecule has 0 spiro atoms. The van der Waals surface area contributed by atoms with E-state index in [0.717, 1.165) is 35.1 Å². The number of hydrogen-bond acceptors (Lipinski definition) is 20. The molecule has 3 fully saturated rings. The minimum absolute atomic E-state index is 0.0308. The highest BCUT2D eigenvalue weighted by Gasteiger charge is 2.35. The van der Waals surface area contributed by atoms with Gasteiger partial charge < -0.3 is 46.8 Å². The van der Waals surface area contributed by atoms with E-state index in [2.05, 4.69) is 65.5 Å². The maximum atomic E-state index is 12.6. The molecule has 26 nitrogen and oxygen atoms in total. The number of rotatable bonds is 20. The zero-order valence-electron chi connectivity index (χ0n) is 54.6. The maximum absolute atomic E-state index is 12.6. The SMILES string of the molecule is C=Cc1ccc(OC(F)F)cc1.Cn1cnc2ncn(Cc3n[nH]c(=O)o3)c(=O)c21.Cn1cnc2ncn(Cc3nn(C4CC(c5ccc(OC(F)F)cc5)C4)c(=O)o3)c(=O)c21.O=C1CC(c2ccc(OC(F)F)cc2)C1.O=Cc1ccc(OC(F)F)cc1.OC1CC(c2ccc(OC(F)F)cc2)C1. The van der Waals surface area contributed by atoms with Crippen molar-refractivity contribution in [3.8, 4) is 28.7 Å². The van der Waals surface area contributed by atoms with Gasteiger partial charge in [0, 0.05) is 32.5 Å². The monoisotopic (exact) mass is 1460 g/mol. The van der Waals surface area contributed by atoms with Gasteiger partial charge in [0.2, 0.25) is 11.8 Å². The van der Waals surface area contributed by atoms with Crippen LogP contribution in [0.5, 0.6) is 28.7 Å². The van der Waals surface area contributed by atoms with E-state index in [4.69, 9.17) is 13.9 Å². The highest BCUT2D eigenvalue weighted by molar-refractivity contribution is 5.86. The summed E-state index contributed by atoms with van der Waals surface area (Å²) in [6.07, 6.45) is 11.7. The van der Waals surface area contributed by atoms with Crippen molar-refractivity contribution >= 4 is 40.5 Å². The average Bonchev–Trinajstić information content (AvgIpc) is 1.75. The van der Waals surface area contributed by atoms with Gasteiger partial charge >= 0.3 is 44.6 Å². The third-order valence-corrected chi connectivity index (χ3v) is 15.9. The third kappa shape index (κ3) is 21.3. The van der Waals surface area contributed by atoms with Gasteiger partial charge in [-0.2, -0.15) is 48.6 Å². The molecule has 0 saturated heterocycles. The number of aliphatic hydroxyl groups excluding tert-OH is 1. The van der Waals surface area contributed by atoms with Gasteiger partial charge in [0.05, 0.1) is 24.8 Å². The van der Waals surface area contributed by atoms with E-state index in [1.807, 2.05) is 0 Å². The number of aldehydes is 1. The standard InChI is InChI=1S/C20H18F2N6O4.C11H12F2O2.C11H10F2O2.C9H8F2O.C9H8N6O3.C8H6F2O2/c1-26-9-23-17-16(26)18(29)27(10-24-17)8-15-25-28(20(30)32-15)13-6-12(7-13)11-2-4-14(5-3-11)31-19(21)22;2*12-11(13)15-10-3-1-7(2-4-10)8-5-9(14)6-8;1-2-7-3-5-8(6-4-7)12-9(10)11;1-14-3-10-7-6(14)8(16)15(4-11-7)2-5-12-13-9(17)18-5;9-8(10)12-7-3-1-6(5-11)2-4-7/h2-5,9-10,12-13,19H,6-8H2,1H3;1-4,8-9,11,14H,5-6H2;1-4,8,11H,5-6H2;2-6,9H,1H2;3-4H,2H2,1H3,(H,13,17);1-5,8H. The van der Waals surface area contributed by atoms with Crippen LogP contribution in [-0.4, -0.2) is 115 Å². The minimum Gasteiger partial charge on any atom is -0.435 e. The van der Waals surface area contributed by atoms with Gasteiger partial charge in [0.1, 0.15) is 66.6 Å². The normalized spacial score (nSPS) is 15.8. The van der Waals surface area contributed by atoms with E-state index in [0.29, 0.717) is 65.8 Å². The van der Waals surface area contributed by atoms with Crippen LogP contribution in [0.15, 0.2) is 181 Å². The first kappa shape index (κ1) is 76.2. The van der Waals surface area contributed by atoms with Crippen LogP contribution in [0.1, 0.15) is 107 Å². The molecule has 3 aliphatic carbocycles. The van der Waals surface area contributed by atoms with Crippen LogP contribution in [0.25, 0.3) is 28.4 Å². The summed E-state index contributed by atoms with van der Waals surface area (Å²) in [5, 5.41) is 19.1. The minimum atomic E-state index is -2.86. The molecule has 0 bridgehead atoms. The Bertz CT molecular complexity index is 4800. The summed E-state index contributed by atoms with van der Waals surface area (Å²) in [5.74, 6) is 0.672. The molecule has 6 aromatic heterocycles. The van der Waals surface area contributed by atoms with Crippen LogP contribution in [-0.2, 0) is 32.0 Å². The molecule has 2 N–H and O–H groups in total. The Balaban J connectivity index is 0.000000152. The second kappa shape index (κ2) is 35.6. The van der Waals surface area contributed by atoms with Crippen molar-refractivity contribution in [3.05, 3.63) is 235 Å². The van der Waals surface area contributed by atoms with E-state index in [9.17, 15) is 72.7 Å². The molecule has 104 heavy (non-hydrogen) atoms. The molecule has 6 heterocycles. The van der Waals surface area contributed by atoms with Gasteiger partial charge in [0.15, 0.2) is 22.3 Å². The number of ketones is 1. The number of ether oxygens (including phenoxy) is 5. The van der Waals surface area contributed by atoms with Gasteiger partial charge in [-0.15, -0.1) is 10.2 Å². The van der Waals surface area contributed by atoms with Gasteiger partial charge in [-0.25, -0.2) is 34.6 Å². The Hall–Kier alpha value is -12.0. The lowest BCUT2D eigenvalue weighted by Crippen LogP contribution is -2.31. The van der Waals surface area contributed by atoms with Crippen molar-refractivity contribution in [3.63, 3.8) is 0 Å². The molecule has 3 aliphatic rings. The lowest BCUT2D eigenvalue weighted by molar-refractivity contribution is -0.124. The number of aromatic amines is 1. The van der Waals surface area contributed by atoms with E-state index in [-0.39, 0.29) is 94.5 Å². The second-order valence-corrected chi connectivity index (χ2v) is 23.0. The highest BCUT2D eigenvalue weighted by Crippen LogP contribution is 2.44. The summed E-state index contributed by atoms with van der Waals surface area (Å²) in [7, 11) is 3.40. The Morgan fingerprint density at radius 2 is 0.875 bits per heavy atom. The van der Waals surface area contributed by atoms with Crippen LogP contribution in [0.3, 0.4) is 0 Å². The number of hydrogen-bond donors (Lipinski definition) is 2. The molecule has 14 rings (SSSR count). The summed E-state index contributed by atoms with van der Waals surface area (Å²) in [6.45, 7) is -10.5. The summed E-state index contributed by atoms with van der Waals surface area (Å²) in [5.41, 5.74) is 5.22. The van der Waals surface area contributed by atoms with Gasteiger partial charge in [0.25, 0.3) is 11.1 Å². The average molecular weight is 1460 g/mol. The largest absolute Gasteiger partial charge is 0.437 e. The van der Waals surface area contributed by atoms with Crippen LogP contribution < -0.4 is 46.3 Å². The number of aryl methyl sites for hydroxylation is 2. The second-order valence-electron chi connectivity index (χ2n) is 23.0. The van der Waals surface area contributed by atoms with Crippen LogP contribution in [0.2, 0.25) is 0 Å². The summed E-state index contributed by atoms with van der Waals surface area (Å²) < 4.78 is 157. The highest BCUT2D eigenvalue weighted by atomic mass is 19.3. The first-order chi connectivity index (χ1) is 49.8. The molecule has 36 heteroatoms. The van der Waals surface area contributed by atoms with Gasteiger partial charge in [-0.3, -0.25) is 28.3 Å². The van der Waals surface area contributed by atoms with E-state index in [1.165, 1.54) is 112 Å². The summed E-state index contributed by atoms with van der Waals surface area (Å²) >= 11 is 0. The number of alkyl halides is 10. The van der Waals surface area contributed by atoms with Crippen molar-refractivity contribution in [2.24, 2.45) is 14.1 Å². The van der Waals surface area contributed by atoms with Crippen LogP contribution in [0, 0.1) is 0 Å². The topological polar surface area (TPSA) is 313 Å². The third-order valence-electron chi connectivity index (χ3n) is 15.9. The Morgan fingerprint density at radius 1 is 0.510 bits per heavy atom. The Morgan fingerprint density at radius 3 is 1.23 bits per heavy atom. The number of benzene rings is 5. The lowest BCUT2D eigenvalue weighted by atomic mass is 9.76. The van der Waals surface area contributed by atoms with E-state index < -0.39 is 44.6 Å². The number of H-pyrrole nitrogens is 1. The predicted octanol–water partition coefficient (Wildman–Crippen LogP) is 11.2. The number of aromatic nitrogens is 12. The van der Waals surface area contributed by atoms with Crippen molar-refractivity contribution in [2.45, 2.75) is 115 Å². The lowest BCUT2D eigenvalue weighted by Gasteiger charge is -2.34. The van der Waals surface area contributed by atoms with Crippen molar-refractivity contribution < 1.29 is 91.1 Å². The number of nitrogens with zero attached hydrogens (tertiary/aromatic N) is 11. The molecular weight excluding hydrogens is 1400 g/mol. The van der Waals surface area contributed by atoms with Gasteiger partial charge in [-0.1, -0.05) is 61.2 Å². The quantitative estimate of drug-likeness (QED) is 0.0529. The number of aliphatic hydroxyl groups is 1. The maximum Gasteiger partial charge on any atom is 0.437 e. The number of imidazole rings is 2. The predicted molar refractivity (Wildman–Crippen MR) is 348 cm³/mol. The Labute approximate surface area is 580 Å². The number of carbonyl (C=O) groups excluding carboxylic acids is 2. The molecule has 0 amide bonds. The fourth-order valence-electron chi connectivity index (χ4n) is 10.5. The molecule has 11 aromatic rings. The van der Waals surface area contributed by atoms with Crippen LogP contribution in [0.4, 0.5) is 43.9 Å². The number of nitrogens with one attached hydrogen (secondary N) is 1. The first-order valence-electron chi connectivity index (χ1n) is 31.2. The van der Waals surface area contributed by atoms with Crippen LogP contribution >= 0.6 is 0 Å². The molecule has 0 radical (unpaired) electrons. The zero-order chi connectivity index (χ0) is 74.7. The summed E-state index contributed by atoms with van der Waals surface area (Å²) in [4.78, 5) is 85.0. The van der Waals surface area contributed by atoms with Gasteiger partial charge in [-0.05, 0) is 138 Å². The Kier molecular flexibility index (Phi) is 26.1. The van der Waals surface area contributed by atoms with Crippen molar-refractivity contribution in [1.29, 1.82) is 0 Å². The fraction of sp³-hybridized carbons (Fsp3) is 0.294. The zero-order valence-corrected chi connectivity index (χ0v) is 54.6. The first-order valence-corrected chi connectivity index (χ1v) is 31.2. The molecule has 3 saturated carbocycles. The number of carbonyl (C=O) groups is 2. The number of Topliss-reactive ketones (excluding diaryl/α,β-unsaturated/α-hetero) is 1.